The molecule has 0 aromatic carbocycles. The molecule has 1 heterocycles. The lowest BCUT2D eigenvalue weighted by Gasteiger charge is -2.40. The van der Waals surface area contributed by atoms with Gasteiger partial charge >= 0.3 is 0 Å². The first-order chi connectivity index (χ1) is 10.1. The molecule has 1 aromatic rings. The molecule has 1 aliphatic carbocycles. The molecule has 0 radical (unpaired) electrons. The summed E-state index contributed by atoms with van der Waals surface area (Å²) in [7, 11) is 0. The third kappa shape index (κ3) is 3.67. The largest absolute Gasteiger partial charge is 0.390 e. The predicted octanol–water partition coefficient (Wildman–Crippen LogP) is 3.11. The lowest BCUT2D eigenvalue weighted by molar-refractivity contribution is -0.139. The van der Waals surface area contributed by atoms with E-state index in [2.05, 4.69) is 25.0 Å². The van der Waals surface area contributed by atoms with Gasteiger partial charge in [-0.2, -0.15) is 5.10 Å². The maximum Gasteiger partial charge on any atom is 0.0943 e. The van der Waals surface area contributed by atoms with Crippen LogP contribution in [0.1, 0.15) is 64.3 Å². The van der Waals surface area contributed by atoms with Crippen LogP contribution >= 0.6 is 0 Å². The average molecular weight is 294 g/mol. The molecule has 1 unspecified atom stereocenters. The summed E-state index contributed by atoms with van der Waals surface area (Å²) in [5.41, 5.74) is 1.89. The summed E-state index contributed by atoms with van der Waals surface area (Å²) < 4.78 is 8.05. The number of ether oxygens (including phenoxy) is 1. The Morgan fingerprint density at radius 2 is 2.00 bits per heavy atom. The van der Waals surface area contributed by atoms with Gasteiger partial charge in [0.2, 0.25) is 0 Å². The topological polar surface area (TPSA) is 47.3 Å². The summed E-state index contributed by atoms with van der Waals surface area (Å²) in [6.45, 7) is 7.76. The molecule has 0 bridgehead atoms. The van der Waals surface area contributed by atoms with Crippen LogP contribution in [0.2, 0.25) is 0 Å². The van der Waals surface area contributed by atoms with Crippen molar-refractivity contribution < 1.29 is 9.84 Å². The highest BCUT2D eigenvalue weighted by atomic mass is 16.5. The SMILES string of the molecule is CCOC1(C(O)Cc2cc(CC)nn2CC)CCCCC1. The van der Waals surface area contributed by atoms with Crippen molar-refractivity contribution in [3.63, 3.8) is 0 Å². The molecule has 1 fully saturated rings. The van der Waals surface area contributed by atoms with E-state index in [1.54, 1.807) is 0 Å². The Balaban J connectivity index is 2.14. The van der Waals surface area contributed by atoms with Crippen molar-refractivity contribution in [3.8, 4) is 0 Å². The molecule has 0 spiro atoms. The van der Waals surface area contributed by atoms with Crippen LogP contribution < -0.4 is 0 Å². The molecule has 0 saturated heterocycles. The minimum absolute atomic E-state index is 0.345. The molecule has 1 N–H and O–H groups in total. The zero-order valence-corrected chi connectivity index (χ0v) is 13.8. The van der Waals surface area contributed by atoms with Crippen LogP contribution in [-0.4, -0.2) is 33.2 Å². The van der Waals surface area contributed by atoms with Crippen LogP contribution in [0, 0.1) is 0 Å². The summed E-state index contributed by atoms with van der Waals surface area (Å²) >= 11 is 0. The standard InChI is InChI=1S/C17H30N2O2/c1-4-14-12-15(19(5-2)18-14)13-16(20)17(21-6-3)10-8-7-9-11-17/h12,16,20H,4-11,13H2,1-3H3. The molecule has 0 aliphatic heterocycles. The van der Waals surface area contributed by atoms with Crippen LogP contribution in [0.15, 0.2) is 6.07 Å². The van der Waals surface area contributed by atoms with Gasteiger partial charge in [0.1, 0.15) is 0 Å². The quantitative estimate of drug-likeness (QED) is 0.840. The molecule has 0 amide bonds. The number of hydrogen-bond donors (Lipinski definition) is 1. The normalized spacial score (nSPS) is 19.6. The average Bonchev–Trinajstić information content (AvgIpc) is 2.90. The Morgan fingerprint density at radius 3 is 2.57 bits per heavy atom. The van der Waals surface area contributed by atoms with Crippen molar-refractivity contribution in [2.45, 2.75) is 84.0 Å². The van der Waals surface area contributed by atoms with E-state index >= 15 is 0 Å². The summed E-state index contributed by atoms with van der Waals surface area (Å²) in [5, 5.41) is 15.4. The molecular formula is C17H30N2O2. The number of aryl methyl sites for hydroxylation is 2. The highest BCUT2D eigenvalue weighted by Crippen LogP contribution is 2.36. The van der Waals surface area contributed by atoms with E-state index in [4.69, 9.17) is 4.74 Å². The van der Waals surface area contributed by atoms with Gasteiger partial charge in [0.15, 0.2) is 0 Å². The number of aromatic nitrogens is 2. The van der Waals surface area contributed by atoms with Crippen LogP contribution in [0.5, 0.6) is 0 Å². The van der Waals surface area contributed by atoms with Gasteiger partial charge in [-0.15, -0.1) is 0 Å². The lowest BCUT2D eigenvalue weighted by atomic mass is 9.79. The zero-order chi connectivity index (χ0) is 15.3. The fourth-order valence-corrected chi connectivity index (χ4v) is 3.52. The molecule has 4 heteroatoms. The zero-order valence-electron chi connectivity index (χ0n) is 13.8. The molecule has 120 valence electrons. The minimum atomic E-state index is -0.440. The van der Waals surface area contributed by atoms with Gasteiger partial charge < -0.3 is 9.84 Å². The molecule has 1 atom stereocenters. The van der Waals surface area contributed by atoms with Crippen LogP contribution in [0.3, 0.4) is 0 Å². The highest BCUT2D eigenvalue weighted by Gasteiger charge is 2.40. The third-order valence-corrected chi connectivity index (χ3v) is 4.72. The van der Waals surface area contributed by atoms with E-state index < -0.39 is 6.10 Å². The van der Waals surface area contributed by atoms with E-state index in [1.807, 2.05) is 11.6 Å². The Kier molecular flexibility index (Phi) is 5.82. The molecule has 2 rings (SSSR count). The van der Waals surface area contributed by atoms with Gasteiger partial charge in [-0.05, 0) is 39.2 Å². The van der Waals surface area contributed by atoms with E-state index in [0.29, 0.717) is 13.0 Å². The van der Waals surface area contributed by atoms with Crippen LogP contribution in [0.4, 0.5) is 0 Å². The van der Waals surface area contributed by atoms with Crippen molar-refractivity contribution >= 4 is 0 Å². The van der Waals surface area contributed by atoms with Gasteiger partial charge in [0, 0.05) is 25.3 Å². The second kappa shape index (κ2) is 7.41. The molecule has 1 saturated carbocycles. The molecule has 4 nitrogen and oxygen atoms in total. The van der Waals surface area contributed by atoms with E-state index in [-0.39, 0.29) is 5.60 Å². The number of nitrogens with zero attached hydrogens (tertiary/aromatic N) is 2. The second-order valence-electron chi connectivity index (χ2n) is 6.07. The number of hydrogen-bond acceptors (Lipinski definition) is 3. The maximum absolute atomic E-state index is 10.8. The Hall–Kier alpha value is -0.870. The summed E-state index contributed by atoms with van der Waals surface area (Å²) in [6.07, 6.45) is 6.66. The van der Waals surface area contributed by atoms with Crippen molar-refractivity contribution in [1.82, 2.24) is 9.78 Å². The summed E-state index contributed by atoms with van der Waals surface area (Å²) in [5.74, 6) is 0. The van der Waals surface area contributed by atoms with Gasteiger partial charge in [-0.25, -0.2) is 0 Å². The Labute approximate surface area is 128 Å². The first kappa shape index (κ1) is 16.5. The molecule has 1 aliphatic rings. The smallest absolute Gasteiger partial charge is 0.0943 e. The minimum Gasteiger partial charge on any atom is -0.390 e. The summed E-state index contributed by atoms with van der Waals surface area (Å²) in [4.78, 5) is 0. The van der Waals surface area contributed by atoms with Crippen molar-refractivity contribution in [3.05, 3.63) is 17.5 Å². The number of aliphatic hydroxyl groups is 1. The van der Waals surface area contributed by atoms with E-state index in [9.17, 15) is 5.11 Å². The Morgan fingerprint density at radius 1 is 1.29 bits per heavy atom. The molecule has 1 aromatic heterocycles. The van der Waals surface area contributed by atoms with Gasteiger partial charge in [0.25, 0.3) is 0 Å². The number of aliphatic hydroxyl groups excluding tert-OH is 1. The number of rotatable bonds is 7. The summed E-state index contributed by atoms with van der Waals surface area (Å²) in [6, 6.07) is 2.13. The highest BCUT2D eigenvalue weighted by molar-refractivity contribution is 5.13. The van der Waals surface area contributed by atoms with Gasteiger partial charge in [0.05, 0.1) is 17.4 Å². The first-order valence-electron chi connectivity index (χ1n) is 8.52. The Bertz CT molecular complexity index is 430. The lowest BCUT2D eigenvalue weighted by Crippen LogP contribution is -2.47. The second-order valence-corrected chi connectivity index (χ2v) is 6.07. The fraction of sp³-hybridized carbons (Fsp3) is 0.824. The van der Waals surface area contributed by atoms with Gasteiger partial charge in [-0.1, -0.05) is 26.2 Å². The molecule has 21 heavy (non-hydrogen) atoms. The monoisotopic (exact) mass is 294 g/mol. The van der Waals surface area contributed by atoms with E-state index in [0.717, 1.165) is 50.0 Å². The molecular weight excluding hydrogens is 264 g/mol. The van der Waals surface area contributed by atoms with Crippen LogP contribution in [0.25, 0.3) is 0 Å². The fourth-order valence-electron chi connectivity index (χ4n) is 3.52. The van der Waals surface area contributed by atoms with E-state index in [1.165, 1.54) is 6.42 Å². The maximum atomic E-state index is 10.8. The van der Waals surface area contributed by atoms with Crippen molar-refractivity contribution in [2.24, 2.45) is 0 Å². The third-order valence-electron chi connectivity index (χ3n) is 4.72. The van der Waals surface area contributed by atoms with Crippen LogP contribution in [-0.2, 0) is 24.1 Å². The predicted molar refractivity (Wildman–Crippen MR) is 84.4 cm³/mol. The van der Waals surface area contributed by atoms with Gasteiger partial charge in [-0.3, -0.25) is 4.68 Å². The van der Waals surface area contributed by atoms with Crippen molar-refractivity contribution in [2.75, 3.05) is 6.61 Å². The van der Waals surface area contributed by atoms with Crippen molar-refractivity contribution in [1.29, 1.82) is 0 Å². The first-order valence-corrected chi connectivity index (χ1v) is 8.52.